The van der Waals surface area contributed by atoms with Gasteiger partial charge in [0.2, 0.25) is 11.7 Å². The van der Waals surface area contributed by atoms with Gasteiger partial charge in [-0.15, -0.1) is 0 Å². The molecule has 1 aromatic rings. The lowest BCUT2D eigenvalue weighted by Gasteiger charge is -2.44. The number of nitrogens with zero attached hydrogens (tertiary/aromatic N) is 2. The SMILES string of the molecule is [B]c1ccc2c(c1)C1(CC3(CCCCOC3)O2)N=C(N)N(C)O1. The fraction of sp³-hybridized carbons (Fsp3) is 0.562. The first-order valence-electron chi connectivity index (χ1n) is 7.97. The zero-order valence-corrected chi connectivity index (χ0v) is 13.2. The summed E-state index contributed by atoms with van der Waals surface area (Å²) in [5.74, 6) is 1.09. The first-order chi connectivity index (χ1) is 11.0. The van der Waals surface area contributed by atoms with E-state index in [9.17, 15) is 0 Å². The van der Waals surface area contributed by atoms with E-state index < -0.39 is 11.3 Å². The Kier molecular flexibility index (Phi) is 3.32. The molecule has 4 rings (SSSR count). The molecule has 120 valence electrons. The van der Waals surface area contributed by atoms with Crippen LogP contribution in [-0.4, -0.2) is 44.7 Å². The third-order valence-corrected chi connectivity index (χ3v) is 4.75. The Morgan fingerprint density at radius 3 is 3.00 bits per heavy atom. The third-order valence-electron chi connectivity index (χ3n) is 4.75. The van der Waals surface area contributed by atoms with E-state index in [-0.39, 0.29) is 0 Å². The summed E-state index contributed by atoms with van der Waals surface area (Å²) in [7, 11) is 7.72. The van der Waals surface area contributed by atoms with Gasteiger partial charge in [0, 0.05) is 20.1 Å². The molecular weight excluding hydrogens is 293 g/mol. The first kappa shape index (κ1) is 14.8. The molecule has 0 aromatic heterocycles. The van der Waals surface area contributed by atoms with Crippen LogP contribution < -0.4 is 15.9 Å². The molecule has 2 atom stereocenters. The number of ether oxygens (including phenoxy) is 2. The van der Waals surface area contributed by atoms with Crippen molar-refractivity contribution in [1.82, 2.24) is 5.06 Å². The second-order valence-electron chi connectivity index (χ2n) is 6.57. The first-order valence-corrected chi connectivity index (χ1v) is 7.97. The summed E-state index contributed by atoms with van der Waals surface area (Å²) in [4.78, 5) is 10.7. The van der Waals surface area contributed by atoms with Gasteiger partial charge in [-0.3, -0.25) is 0 Å². The molecule has 1 saturated heterocycles. The lowest BCUT2D eigenvalue weighted by atomic mass is 9.80. The topological polar surface area (TPSA) is 69.3 Å². The van der Waals surface area contributed by atoms with Crippen molar-refractivity contribution in [2.45, 2.75) is 37.0 Å². The summed E-state index contributed by atoms with van der Waals surface area (Å²) in [6.07, 6.45) is 3.55. The second-order valence-corrected chi connectivity index (χ2v) is 6.57. The Morgan fingerprint density at radius 1 is 1.35 bits per heavy atom. The molecule has 3 heterocycles. The predicted molar refractivity (Wildman–Crippen MR) is 86.6 cm³/mol. The molecule has 7 heteroatoms. The number of aliphatic imine (C=N–C) groups is 1. The zero-order valence-electron chi connectivity index (χ0n) is 13.2. The molecule has 2 N–H and O–H groups in total. The zero-order chi connectivity index (χ0) is 16.1. The van der Waals surface area contributed by atoms with Crippen LogP contribution >= 0.6 is 0 Å². The molecule has 0 bridgehead atoms. The van der Waals surface area contributed by atoms with Crippen molar-refractivity contribution in [3.05, 3.63) is 23.8 Å². The molecule has 0 saturated carbocycles. The van der Waals surface area contributed by atoms with Crippen LogP contribution in [0.15, 0.2) is 23.2 Å². The molecule has 1 fully saturated rings. The van der Waals surface area contributed by atoms with Gasteiger partial charge < -0.3 is 15.2 Å². The molecule has 2 radical (unpaired) electrons. The van der Waals surface area contributed by atoms with E-state index in [1.54, 1.807) is 7.05 Å². The van der Waals surface area contributed by atoms with Gasteiger partial charge in [0.1, 0.15) is 19.2 Å². The highest BCUT2D eigenvalue weighted by Gasteiger charge is 2.54. The number of nitrogens with two attached hydrogens (primary N) is 1. The van der Waals surface area contributed by atoms with Crippen LogP contribution in [0.4, 0.5) is 0 Å². The van der Waals surface area contributed by atoms with Gasteiger partial charge in [0.25, 0.3) is 0 Å². The Hall–Kier alpha value is -1.73. The van der Waals surface area contributed by atoms with Crippen LogP contribution in [0.3, 0.4) is 0 Å². The van der Waals surface area contributed by atoms with Gasteiger partial charge in [-0.2, -0.15) is 0 Å². The highest BCUT2D eigenvalue weighted by molar-refractivity contribution is 6.32. The van der Waals surface area contributed by atoms with Gasteiger partial charge in [0.05, 0.1) is 12.2 Å². The van der Waals surface area contributed by atoms with Gasteiger partial charge in [0.15, 0.2) is 0 Å². The number of rotatable bonds is 0. The van der Waals surface area contributed by atoms with E-state index in [1.165, 1.54) is 5.06 Å². The summed E-state index contributed by atoms with van der Waals surface area (Å²) >= 11 is 0. The summed E-state index contributed by atoms with van der Waals surface area (Å²) in [6.45, 7) is 1.29. The van der Waals surface area contributed by atoms with E-state index in [4.69, 9.17) is 27.9 Å². The van der Waals surface area contributed by atoms with Crippen molar-refractivity contribution in [1.29, 1.82) is 0 Å². The lowest BCUT2D eigenvalue weighted by Crippen LogP contribution is -2.51. The maximum atomic E-state index is 6.36. The number of hydrogen-bond acceptors (Lipinski definition) is 6. The van der Waals surface area contributed by atoms with Gasteiger partial charge >= 0.3 is 0 Å². The van der Waals surface area contributed by atoms with Gasteiger partial charge in [-0.25, -0.2) is 14.9 Å². The molecule has 0 aliphatic carbocycles. The smallest absolute Gasteiger partial charge is 0.222 e. The van der Waals surface area contributed by atoms with Gasteiger partial charge in [-0.05, 0) is 25.3 Å². The van der Waals surface area contributed by atoms with Crippen LogP contribution in [-0.2, 0) is 15.3 Å². The van der Waals surface area contributed by atoms with Crippen molar-refractivity contribution in [2.75, 3.05) is 20.3 Å². The van der Waals surface area contributed by atoms with E-state index in [1.807, 2.05) is 18.2 Å². The summed E-state index contributed by atoms with van der Waals surface area (Å²) in [5.41, 5.74) is 6.10. The summed E-state index contributed by atoms with van der Waals surface area (Å²) in [6, 6.07) is 5.57. The van der Waals surface area contributed by atoms with Crippen LogP contribution in [0.25, 0.3) is 0 Å². The average Bonchev–Trinajstić information content (AvgIpc) is 2.67. The maximum absolute atomic E-state index is 6.36. The van der Waals surface area contributed by atoms with Crippen molar-refractivity contribution in [2.24, 2.45) is 10.7 Å². The van der Waals surface area contributed by atoms with Crippen LogP contribution in [0, 0.1) is 0 Å². The van der Waals surface area contributed by atoms with Crippen molar-refractivity contribution in [3.8, 4) is 5.75 Å². The van der Waals surface area contributed by atoms with Crippen LogP contribution in [0.5, 0.6) is 5.75 Å². The van der Waals surface area contributed by atoms with E-state index in [2.05, 4.69) is 4.99 Å². The summed E-state index contributed by atoms with van der Waals surface area (Å²) in [5, 5.41) is 1.50. The quantitative estimate of drug-likeness (QED) is 0.708. The Bertz CT molecular complexity index is 658. The lowest BCUT2D eigenvalue weighted by molar-refractivity contribution is -0.209. The van der Waals surface area contributed by atoms with Crippen molar-refractivity contribution >= 4 is 19.3 Å². The largest absolute Gasteiger partial charge is 0.484 e. The number of fused-ring (bicyclic) bond motifs is 2. The van der Waals surface area contributed by atoms with Gasteiger partial charge in [-0.1, -0.05) is 17.6 Å². The normalized spacial score (nSPS) is 33.3. The van der Waals surface area contributed by atoms with Crippen LogP contribution in [0.2, 0.25) is 0 Å². The van der Waals surface area contributed by atoms with Crippen LogP contribution in [0.1, 0.15) is 31.2 Å². The molecule has 6 nitrogen and oxygen atoms in total. The molecule has 1 aromatic carbocycles. The molecule has 3 aliphatic rings. The number of guanidine groups is 1. The summed E-state index contributed by atoms with van der Waals surface area (Å²) < 4.78 is 12.1. The number of benzene rings is 1. The Balaban J connectivity index is 1.83. The second kappa shape index (κ2) is 5.14. The fourth-order valence-corrected chi connectivity index (χ4v) is 3.68. The predicted octanol–water partition coefficient (Wildman–Crippen LogP) is 0.547. The minimum atomic E-state index is -0.893. The molecule has 2 spiro atoms. The number of hydroxylamine groups is 2. The minimum Gasteiger partial charge on any atom is -0.484 e. The van der Waals surface area contributed by atoms with Crippen molar-refractivity contribution < 1.29 is 14.3 Å². The standard InChI is InChI=1S/C16H20BN3O3/c1-20-14(18)19-16(23-20)9-15(6-2-3-7-21-10-15)22-13-5-4-11(17)8-12(13)16/h4-5,8H,2-3,6-7,9-10H2,1H3,(H2,18,19). The number of hydrogen-bond donors (Lipinski definition) is 1. The maximum Gasteiger partial charge on any atom is 0.222 e. The average molecular weight is 313 g/mol. The molecule has 23 heavy (non-hydrogen) atoms. The minimum absolute atomic E-state index is 0.352. The molecule has 0 amide bonds. The Labute approximate surface area is 137 Å². The highest BCUT2D eigenvalue weighted by atomic mass is 16.7. The fourth-order valence-electron chi connectivity index (χ4n) is 3.68. The molecule has 3 aliphatic heterocycles. The van der Waals surface area contributed by atoms with Crippen molar-refractivity contribution in [3.63, 3.8) is 0 Å². The van der Waals surface area contributed by atoms with E-state index in [0.717, 1.165) is 37.2 Å². The monoisotopic (exact) mass is 313 g/mol. The third kappa shape index (κ3) is 2.39. The molecule has 2 unspecified atom stereocenters. The highest BCUT2D eigenvalue weighted by Crippen LogP contribution is 2.50. The van der Waals surface area contributed by atoms with E-state index >= 15 is 0 Å². The Morgan fingerprint density at radius 2 is 2.22 bits per heavy atom. The molecular formula is C16H20BN3O3. The van der Waals surface area contributed by atoms with E-state index in [0.29, 0.717) is 24.5 Å².